The van der Waals surface area contributed by atoms with Gasteiger partial charge in [0.2, 0.25) is 0 Å². The van der Waals surface area contributed by atoms with Gasteiger partial charge in [0.1, 0.15) is 5.75 Å². The molecule has 1 N–H and O–H groups in total. The molecule has 1 aliphatic heterocycles. The molecule has 0 spiro atoms. The number of ether oxygens (including phenoxy) is 1. The predicted molar refractivity (Wildman–Crippen MR) is 100 cm³/mol. The fourth-order valence-electron chi connectivity index (χ4n) is 3.09. The summed E-state index contributed by atoms with van der Waals surface area (Å²) < 4.78 is 5.24. The normalized spacial score (nSPS) is 17.3. The first-order chi connectivity index (χ1) is 12.4. The maximum absolute atomic E-state index is 12.7. The number of hydrogen-bond donors (Lipinski definition) is 1. The monoisotopic (exact) mass is 371 g/mol. The van der Waals surface area contributed by atoms with Crippen molar-refractivity contribution in [2.75, 3.05) is 7.11 Å². The number of rotatable bonds is 6. The number of amides is 1. The van der Waals surface area contributed by atoms with E-state index >= 15 is 0 Å². The summed E-state index contributed by atoms with van der Waals surface area (Å²) in [6, 6.07) is 10.6. The van der Waals surface area contributed by atoms with E-state index in [0.717, 1.165) is 10.4 Å². The lowest BCUT2D eigenvalue weighted by atomic mass is 9.94. The van der Waals surface area contributed by atoms with Gasteiger partial charge in [-0.05, 0) is 29.1 Å². The summed E-state index contributed by atoms with van der Waals surface area (Å²) in [7, 11) is 1.58. The number of methoxy groups -OCH3 is 1. The molecule has 1 unspecified atom stereocenters. The number of hydrogen-bond acceptors (Lipinski definition) is 5. The minimum Gasteiger partial charge on any atom is -0.503 e. The van der Waals surface area contributed by atoms with Crippen LogP contribution in [0.4, 0.5) is 0 Å². The van der Waals surface area contributed by atoms with Crippen molar-refractivity contribution >= 4 is 23.0 Å². The third-order valence-electron chi connectivity index (χ3n) is 4.39. The van der Waals surface area contributed by atoms with E-state index in [1.807, 2.05) is 41.8 Å². The zero-order chi connectivity index (χ0) is 18.8. The Balaban J connectivity index is 2.01. The van der Waals surface area contributed by atoms with Crippen LogP contribution >= 0.6 is 11.3 Å². The molecule has 0 radical (unpaired) electrons. The molecule has 5 nitrogen and oxygen atoms in total. The van der Waals surface area contributed by atoms with E-state index in [-0.39, 0.29) is 23.8 Å². The van der Waals surface area contributed by atoms with Crippen LogP contribution in [0.15, 0.2) is 53.1 Å². The molecule has 2 aromatic rings. The van der Waals surface area contributed by atoms with Gasteiger partial charge in [0.05, 0.1) is 18.7 Å². The molecule has 1 aliphatic rings. The van der Waals surface area contributed by atoms with E-state index in [0.29, 0.717) is 5.75 Å². The Labute approximate surface area is 156 Å². The summed E-state index contributed by atoms with van der Waals surface area (Å²) in [5.74, 6) is -0.778. The fourth-order valence-corrected chi connectivity index (χ4v) is 3.93. The van der Waals surface area contributed by atoms with Crippen molar-refractivity contribution in [3.05, 3.63) is 63.6 Å². The number of carbonyl (C=O) groups excluding carboxylic acids is 2. The minimum atomic E-state index is -0.566. The van der Waals surface area contributed by atoms with Crippen molar-refractivity contribution in [2.24, 2.45) is 5.92 Å². The largest absolute Gasteiger partial charge is 0.503 e. The van der Waals surface area contributed by atoms with Crippen molar-refractivity contribution < 1.29 is 19.4 Å². The first kappa shape index (κ1) is 18.2. The minimum absolute atomic E-state index is 0.190. The SMILES string of the molecule is COc1cccc(CN2C(=O)C(O)=C(C(=O)C(C)C)C2c2cccs2)c1. The maximum atomic E-state index is 12.7. The lowest BCUT2D eigenvalue weighted by Gasteiger charge is -2.26. The quantitative estimate of drug-likeness (QED) is 0.837. The second-order valence-electron chi connectivity index (χ2n) is 6.48. The van der Waals surface area contributed by atoms with Gasteiger partial charge >= 0.3 is 0 Å². The first-order valence-electron chi connectivity index (χ1n) is 8.38. The molecule has 3 rings (SSSR count). The number of benzene rings is 1. The van der Waals surface area contributed by atoms with Crippen molar-refractivity contribution in [1.29, 1.82) is 0 Å². The summed E-state index contributed by atoms with van der Waals surface area (Å²) in [6.45, 7) is 3.81. The molecular formula is C20H21NO4S. The van der Waals surface area contributed by atoms with Gasteiger partial charge in [-0.1, -0.05) is 32.0 Å². The summed E-state index contributed by atoms with van der Waals surface area (Å²) in [4.78, 5) is 27.8. The van der Waals surface area contributed by atoms with E-state index in [9.17, 15) is 14.7 Å². The van der Waals surface area contributed by atoms with Gasteiger partial charge in [-0.15, -0.1) is 11.3 Å². The standard InChI is InChI=1S/C20H21NO4S/c1-12(2)18(22)16-17(15-8-5-9-26-15)21(20(24)19(16)23)11-13-6-4-7-14(10-13)25-3/h4-10,12,17,23H,11H2,1-3H3. The molecule has 1 aromatic carbocycles. The van der Waals surface area contributed by atoms with Crippen LogP contribution in [0.2, 0.25) is 0 Å². The number of thiophene rings is 1. The molecule has 2 heterocycles. The van der Waals surface area contributed by atoms with Gasteiger partial charge in [-0.25, -0.2) is 0 Å². The van der Waals surface area contributed by atoms with Crippen LogP contribution in [0.25, 0.3) is 0 Å². The lowest BCUT2D eigenvalue weighted by Crippen LogP contribution is -2.30. The van der Waals surface area contributed by atoms with Crippen LogP contribution in [-0.4, -0.2) is 28.8 Å². The molecule has 6 heteroatoms. The summed E-state index contributed by atoms with van der Waals surface area (Å²) in [5, 5.41) is 12.3. The van der Waals surface area contributed by atoms with Crippen LogP contribution in [0.1, 0.15) is 30.3 Å². The molecule has 0 saturated carbocycles. The van der Waals surface area contributed by atoms with E-state index < -0.39 is 17.7 Å². The second kappa shape index (κ2) is 7.33. The maximum Gasteiger partial charge on any atom is 0.290 e. The number of nitrogens with zero attached hydrogens (tertiary/aromatic N) is 1. The van der Waals surface area contributed by atoms with E-state index in [4.69, 9.17) is 4.74 Å². The summed E-state index contributed by atoms with van der Waals surface area (Å²) in [6.07, 6.45) is 0. The molecule has 1 atom stereocenters. The number of aliphatic hydroxyl groups excluding tert-OH is 1. The second-order valence-corrected chi connectivity index (χ2v) is 7.46. The fraction of sp³-hybridized carbons (Fsp3) is 0.300. The first-order valence-corrected chi connectivity index (χ1v) is 9.26. The third kappa shape index (κ3) is 3.24. The zero-order valence-electron chi connectivity index (χ0n) is 14.9. The van der Waals surface area contributed by atoms with Gasteiger partial charge < -0.3 is 14.7 Å². The van der Waals surface area contributed by atoms with Gasteiger partial charge in [0, 0.05) is 17.3 Å². The van der Waals surface area contributed by atoms with E-state index in [1.165, 1.54) is 11.3 Å². The molecule has 0 fully saturated rings. The van der Waals surface area contributed by atoms with Crippen molar-refractivity contribution in [3.63, 3.8) is 0 Å². The summed E-state index contributed by atoms with van der Waals surface area (Å²) >= 11 is 1.46. The molecule has 0 saturated heterocycles. The molecule has 1 aromatic heterocycles. The highest BCUT2D eigenvalue weighted by atomic mass is 32.1. The molecular weight excluding hydrogens is 350 g/mol. The average molecular weight is 371 g/mol. The van der Waals surface area contributed by atoms with E-state index in [1.54, 1.807) is 25.9 Å². The van der Waals surface area contributed by atoms with Gasteiger partial charge in [0.15, 0.2) is 11.5 Å². The number of ketones is 1. The van der Waals surface area contributed by atoms with Crippen LogP contribution in [0.5, 0.6) is 5.75 Å². The summed E-state index contributed by atoms with van der Waals surface area (Å²) in [5.41, 5.74) is 1.06. The Hall–Kier alpha value is -2.60. The van der Waals surface area contributed by atoms with Gasteiger partial charge in [-0.2, -0.15) is 0 Å². The smallest absolute Gasteiger partial charge is 0.290 e. The van der Waals surface area contributed by atoms with E-state index in [2.05, 4.69) is 0 Å². The molecule has 136 valence electrons. The molecule has 26 heavy (non-hydrogen) atoms. The van der Waals surface area contributed by atoms with Crippen molar-refractivity contribution in [1.82, 2.24) is 4.90 Å². The van der Waals surface area contributed by atoms with Crippen LogP contribution in [0, 0.1) is 5.92 Å². The van der Waals surface area contributed by atoms with Crippen molar-refractivity contribution in [2.45, 2.75) is 26.4 Å². The third-order valence-corrected chi connectivity index (χ3v) is 5.32. The Morgan fingerprint density at radius 3 is 2.69 bits per heavy atom. The Kier molecular flexibility index (Phi) is 5.13. The van der Waals surface area contributed by atoms with Crippen LogP contribution in [-0.2, 0) is 16.1 Å². The highest BCUT2D eigenvalue weighted by Gasteiger charge is 2.44. The van der Waals surface area contributed by atoms with Crippen molar-refractivity contribution in [3.8, 4) is 5.75 Å². The Morgan fingerprint density at radius 2 is 2.08 bits per heavy atom. The lowest BCUT2D eigenvalue weighted by molar-refractivity contribution is -0.130. The molecule has 1 amide bonds. The predicted octanol–water partition coefficient (Wildman–Crippen LogP) is 3.88. The highest BCUT2D eigenvalue weighted by molar-refractivity contribution is 7.10. The van der Waals surface area contributed by atoms with Crippen LogP contribution < -0.4 is 4.74 Å². The van der Waals surface area contributed by atoms with Gasteiger partial charge in [-0.3, -0.25) is 9.59 Å². The van der Waals surface area contributed by atoms with Gasteiger partial charge in [0.25, 0.3) is 5.91 Å². The average Bonchev–Trinajstić information content (AvgIpc) is 3.24. The highest BCUT2D eigenvalue weighted by Crippen LogP contribution is 2.41. The molecule has 0 aliphatic carbocycles. The number of Topliss-reactive ketones (excluding diaryl/α,β-unsaturated/α-hetero) is 1. The number of aliphatic hydroxyl groups is 1. The topological polar surface area (TPSA) is 66.8 Å². The molecule has 0 bridgehead atoms. The number of carbonyl (C=O) groups is 2. The Morgan fingerprint density at radius 1 is 1.31 bits per heavy atom. The van der Waals surface area contributed by atoms with Crippen LogP contribution in [0.3, 0.4) is 0 Å². The zero-order valence-corrected chi connectivity index (χ0v) is 15.7. The Bertz CT molecular complexity index is 854.